The SMILES string of the molecule is CCc1ccc(-c2nc(CSCC(=O)NCc3ccc(C)cc3)c(C)o2)cc1. The first kappa shape index (κ1) is 20.2. The Morgan fingerprint density at radius 3 is 2.39 bits per heavy atom. The van der Waals surface area contributed by atoms with Gasteiger partial charge in [-0.25, -0.2) is 4.98 Å². The number of aromatic nitrogens is 1. The lowest BCUT2D eigenvalue weighted by atomic mass is 10.1. The minimum atomic E-state index is 0.0297. The van der Waals surface area contributed by atoms with Gasteiger partial charge in [-0.15, -0.1) is 11.8 Å². The van der Waals surface area contributed by atoms with E-state index in [4.69, 9.17) is 4.42 Å². The standard InChI is InChI=1S/C23H26N2O2S/c1-4-18-9-11-20(12-10-18)23-25-21(17(3)27-23)14-28-15-22(26)24-13-19-7-5-16(2)6-8-19/h5-12H,4,13-15H2,1-3H3,(H,24,26). The maximum atomic E-state index is 12.1. The Labute approximate surface area is 170 Å². The van der Waals surface area contributed by atoms with Crippen LogP contribution in [-0.2, 0) is 23.5 Å². The largest absolute Gasteiger partial charge is 0.441 e. The molecule has 0 saturated heterocycles. The van der Waals surface area contributed by atoms with E-state index < -0.39 is 0 Å². The van der Waals surface area contributed by atoms with Crippen molar-refractivity contribution in [1.82, 2.24) is 10.3 Å². The number of thioether (sulfide) groups is 1. The number of hydrogen-bond acceptors (Lipinski definition) is 4. The van der Waals surface area contributed by atoms with E-state index >= 15 is 0 Å². The Morgan fingerprint density at radius 1 is 1.04 bits per heavy atom. The van der Waals surface area contributed by atoms with Gasteiger partial charge in [0.15, 0.2) is 0 Å². The molecule has 0 aliphatic carbocycles. The first-order chi connectivity index (χ1) is 13.5. The fraction of sp³-hybridized carbons (Fsp3) is 0.304. The van der Waals surface area contributed by atoms with Gasteiger partial charge in [0.1, 0.15) is 5.76 Å². The van der Waals surface area contributed by atoms with E-state index in [0.717, 1.165) is 29.0 Å². The molecule has 0 saturated carbocycles. The Balaban J connectivity index is 1.48. The number of oxazole rings is 1. The minimum Gasteiger partial charge on any atom is -0.441 e. The van der Waals surface area contributed by atoms with E-state index in [1.54, 1.807) is 11.8 Å². The third kappa shape index (κ3) is 5.49. The number of hydrogen-bond donors (Lipinski definition) is 1. The molecule has 0 atom stereocenters. The first-order valence-corrected chi connectivity index (χ1v) is 10.7. The lowest BCUT2D eigenvalue weighted by molar-refractivity contribution is -0.118. The van der Waals surface area contributed by atoms with E-state index in [-0.39, 0.29) is 5.91 Å². The van der Waals surface area contributed by atoms with Crippen molar-refractivity contribution in [2.45, 2.75) is 39.5 Å². The molecule has 3 aromatic rings. The maximum Gasteiger partial charge on any atom is 0.230 e. The van der Waals surface area contributed by atoms with Crippen LogP contribution in [0.25, 0.3) is 11.5 Å². The summed E-state index contributed by atoms with van der Waals surface area (Å²) >= 11 is 1.55. The molecular weight excluding hydrogens is 368 g/mol. The molecule has 0 unspecified atom stereocenters. The highest BCUT2D eigenvalue weighted by Gasteiger charge is 2.12. The number of nitrogens with one attached hydrogen (secondary N) is 1. The van der Waals surface area contributed by atoms with Crippen LogP contribution in [0.2, 0.25) is 0 Å². The van der Waals surface area contributed by atoms with Gasteiger partial charge in [0.2, 0.25) is 11.8 Å². The molecule has 0 spiro atoms. The highest BCUT2D eigenvalue weighted by atomic mass is 32.2. The van der Waals surface area contributed by atoms with Crippen LogP contribution in [-0.4, -0.2) is 16.6 Å². The number of carbonyl (C=O) groups excluding carboxylic acids is 1. The Kier molecular flexibility index (Phi) is 6.93. The summed E-state index contributed by atoms with van der Waals surface area (Å²) in [4.78, 5) is 16.7. The minimum absolute atomic E-state index is 0.0297. The zero-order chi connectivity index (χ0) is 19.9. The first-order valence-electron chi connectivity index (χ1n) is 9.50. The van der Waals surface area contributed by atoms with Crippen LogP contribution in [0.1, 0.15) is 35.1 Å². The van der Waals surface area contributed by atoms with E-state index in [0.29, 0.717) is 23.9 Å². The summed E-state index contributed by atoms with van der Waals surface area (Å²) in [5.74, 6) is 2.53. The molecule has 0 bridgehead atoms. The second-order valence-corrected chi connectivity index (χ2v) is 7.81. The molecule has 0 fully saturated rings. The molecule has 1 aromatic heterocycles. The molecule has 0 aliphatic heterocycles. The molecular formula is C23H26N2O2S. The molecule has 1 N–H and O–H groups in total. The highest BCUT2D eigenvalue weighted by molar-refractivity contribution is 7.99. The lowest BCUT2D eigenvalue weighted by Crippen LogP contribution is -2.24. The van der Waals surface area contributed by atoms with Gasteiger partial charge in [-0.1, -0.05) is 48.9 Å². The van der Waals surface area contributed by atoms with Crippen LogP contribution in [0.15, 0.2) is 52.9 Å². The fourth-order valence-corrected chi connectivity index (χ4v) is 3.62. The van der Waals surface area contributed by atoms with Crippen LogP contribution < -0.4 is 5.32 Å². The lowest BCUT2D eigenvalue weighted by Gasteiger charge is -2.05. The van der Waals surface area contributed by atoms with Crippen molar-refractivity contribution in [1.29, 1.82) is 0 Å². The molecule has 3 rings (SSSR count). The van der Waals surface area contributed by atoms with Crippen molar-refractivity contribution in [3.8, 4) is 11.5 Å². The van der Waals surface area contributed by atoms with E-state index in [9.17, 15) is 4.79 Å². The molecule has 4 nitrogen and oxygen atoms in total. The summed E-state index contributed by atoms with van der Waals surface area (Å²) in [6.45, 7) is 6.66. The van der Waals surface area contributed by atoms with Crippen molar-refractivity contribution in [3.63, 3.8) is 0 Å². The molecule has 5 heteroatoms. The van der Waals surface area contributed by atoms with Crippen molar-refractivity contribution in [2.75, 3.05) is 5.75 Å². The number of aryl methyl sites for hydroxylation is 3. The van der Waals surface area contributed by atoms with Crippen LogP contribution in [0, 0.1) is 13.8 Å². The molecule has 28 heavy (non-hydrogen) atoms. The molecule has 146 valence electrons. The molecule has 2 aromatic carbocycles. The summed E-state index contributed by atoms with van der Waals surface area (Å²) in [5.41, 5.74) is 5.49. The van der Waals surface area contributed by atoms with Gasteiger partial charge >= 0.3 is 0 Å². The average molecular weight is 395 g/mol. The monoisotopic (exact) mass is 394 g/mol. The Morgan fingerprint density at radius 2 is 1.71 bits per heavy atom. The predicted molar refractivity (Wildman–Crippen MR) is 115 cm³/mol. The van der Waals surface area contributed by atoms with Crippen LogP contribution in [0.3, 0.4) is 0 Å². The maximum absolute atomic E-state index is 12.1. The summed E-state index contributed by atoms with van der Waals surface area (Å²) < 4.78 is 5.82. The van der Waals surface area contributed by atoms with Crippen LogP contribution >= 0.6 is 11.8 Å². The molecule has 0 radical (unpaired) electrons. The van der Waals surface area contributed by atoms with E-state index in [1.165, 1.54) is 11.1 Å². The van der Waals surface area contributed by atoms with Crippen molar-refractivity contribution < 1.29 is 9.21 Å². The van der Waals surface area contributed by atoms with Gasteiger partial charge < -0.3 is 9.73 Å². The zero-order valence-corrected chi connectivity index (χ0v) is 17.4. The van der Waals surface area contributed by atoms with Gasteiger partial charge in [0, 0.05) is 17.9 Å². The quantitative estimate of drug-likeness (QED) is 0.579. The van der Waals surface area contributed by atoms with Gasteiger partial charge in [-0.05, 0) is 43.5 Å². The fourth-order valence-electron chi connectivity index (χ4n) is 2.77. The summed E-state index contributed by atoms with van der Waals surface area (Å²) in [5, 5.41) is 2.96. The molecule has 1 amide bonds. The summed E-state index contributed by atoms with van der Waals surface area (Å²) in [6.07, 6.45) is 1.01. The number of amides is 1. The van der Waals surface area contributed by atoms with E-state index in [2.05, 4.69) is 48.4 Å². The van der Waals surface area contributed by atoms with Crippen LogP contribution in [0.4, 0.5) is 0 Å². The molecule has 1 heterocycles. The van der Waals surface area contributed by atoms with Gasteiger partial charge in [-0.2, -0.15) is 0 Å². The normalized spacial score (nSPS) is 10.8. The van der Waals surface area contributed by atoms with Gasteiger partial charge in [-0.3, -0.25) is 4.79 Å². The van der Waals surface area contributed by atoms with Crippen molar-refractivity contribution >= 4 is 17.7 Å². The number of nitrogens with zero attached hydrogens (tertiary/aromatic N) is 1. The molecule has 0 aliphatic rings. The number of carbonyl (C=O) groups is 1. The van der Waals surface area contributed by atoms with Crippen molar-refractivity contribution in [2.24, 2.45) is 0 Å². The third-order valence-corrected chi connectivity index (χ3v) is 5.53. The third-order valence-electron chi connectivity index (χ3n) is 4.58. The van der Waals surface area contributed by atoms with Gasteiger partial charge in [0.25, 0.3) is 0 Å². The zero-order valence-electron chi connectivity index (χ0n) is 16.6. The number of rotatable bonds is 8. The van der Waals surface area contributed by atoms with Crippen molar-refractivity contribution in [3.05, 3.63) is 76.7 Å². The number of benzene rings is 2. The Hall–Kier alpha value is -2.53. The van der Waals surface area contributed by atoms with E-state index in [1.807, 2.05) is 31.2 Å². The van der Waals surface area contributed by atoms with Crippen LogP contribution in [0.5, 0.6) is 0 Å². The second kappa shape index (κ2) is 9.60. The second-order valence-electron chi connectivity index (χ2n) is 6.83. The summed E-state index contributed by atoms with van der Waals surface area (Å²) in [6, 6.07) is 16.5. The smallest absolute Gasteiger partial charge is 0.230 e. The Bertz CT molecular complexity index is 915. The topological polar surface area (TPSA) is 55.1 Å². The van der Waals surface area contributed by atoms with Gasteiger partial charge in [0.05, 0.1) is 11.4 Å². The average Bonchev–Trinajstić information content (AvgIpc) is 3.08. The highest BCUT2D eigenvalue weighted by Crippen LogP contribution is 2.24. The summed E-state index contributed by atoms with van der Waals surface area (Å²) in [7, 11) is 0. The predicted octanol–water partition coefficient (Wildman–Crippen LogP) is 5.07.